The number of aryl methyl sites for hydroxylation is 1. The van der Waals surface area contributed by atoms with Crippen LogP contribution in [0.3, 0.4) is 0 Å². The molecule has 1 aromatic carbocycles. The molecule has 1 atom stereocenters. The van der Waals surface area contributed by atoms with Gasteiger partial charge in [-0.2, -0.15) is 15.2 Å². The molecule has 32 heavy (non-hydrogen) atoms. The van der Waals surface area contributed by atoms with Crippen molar-refractivity contribution in [2.75, 3.05) is 18.9 Å². The zero-order valence-corrected chi connectivity index (χ0v) is 17.7. The molecular formula is C22H22N8O2. The molecule has 1 unspecified atom stereocenters. The van der Waals surface area contributed by atoms with E-state index in [-0.39, 0.29) is 5.91 Å². The van der Waals surface area contributed by atoms with Gasteiger partial charge in [0.15, 0.2) is 11.4 Å². The van der Waals surface area contributed by atoms with Gasteiger partial charge in [-0.15, -0.1) is 0 Å². The highest BCUT2D eigenvalue weighted by Gasteiger charge is 2.45. The second kappa shape index (κ2) is 7.57. The molecule has 0 radical (unpaired) electrons. The van der Waals surface area contributed by atoms with Crippen LogP contribution >= 0.6 is 0 Å². The Labute approximate surface area is 184 Å². The maximum Gasteiger partial charge on any atom is 0.258 e. The highest BCUT2D eigenvalue weighted by molar-refractivity contribution is 5.88. The summed E-state index contributed by atoms with van der Waals surface area (Å²) >= 11 is 0. The smallest absolute Gasteiger partial charge is 0.258 e. The Kier molecular flexibility index (Phi) is 4.71. The van der Waals surface area contributed by atoms with Crippen LogP contribution in [0.4, 0.5) is 11.6 Å². The van der Waals surface area contributed by atoms with Crippen molar-refractivity contribution in [1.29, 1.82) is 0 Å². The lowest BCUT2D eigenvalue weighted by atomic mass is 9.90. The minimum Gasteiger partial charge on any atom is -0.375 e. The molecule has 2 N–H and O–H groups in total. The van der Waals surface area contributed by atoms with Crippen LogP contribution in [0.2, 0.25) is 0 Å². The van der Waals surface area contributed by atoms with Gasteiger partial charge in [0, 0.05) is 57.3 Å². The van der Waals surface area contributed by atoms with Crippen molar-refractivity contribution in [1.82, 2.24) is 34.4 Å². The maximum absolute atomic E-state index is 12.5. The van der Waals surface area contributed by atoms with Gasteiger partial charge in [0.05, 0.1) is 17.6 Å². The first-order valence-electron chi connectivity index (χ1n) is 10.2. The topological polar surface area (TPSA) is 114 Å². The number of amides is 1. The van der Waals surface area contributed by atoms with E-state index in [0.717, 1.165) is 11.3 Å². The average Bonchev–Trinajstić information content (AvgIpc) is 3.52. The number of carbonyl (C=O) groups excluding carboxylic acids is 1. The summed E-state index contributed by atoms with van der Waals surface area (Å²) in [6, 6.07) is 10.9. The number of benzene rings is 1. The number of anilines is 2. The summed E-state index contributed by atoms with van der Waals surface area (Å²) in [5, 5.41) is 22.8. The van der Waals surface area contributed by atoms with E-state index in [2.05, 4.69) is 25.5 Å². The molecule has 0 spiro atoms. The summed E-state index contributed by atoms with van der Waals surface area (Å²) in [7, 11) is 3.53. The molecular weight excluding hydrogens is 408 g/mol. The normalized spacial score (nSPS) is 18.3. The Morgan fingerprint density at radius 1 is 1.19 bits per heavy atom. The quantitative estimate of drug-likeness (QED) is 0.497. The number of hydrogen-bond donors (Lipinski definition) is 2. The van der Waals surface area contributed by atoms with Crippen molar-refractivity contribution in [3.63, 3.8) is 0 Å². The Balaban J connectivity index is 1.41. The van der Waals surface area contributed by atoms with Gasteiger partial charge >= 0.3 is 0 Å². The first-order valence-corrected chi connectivity index (χ1v) is 10.2. The number of hydrogen-bond acceptors (Lipinski definition) is 7. The van der Waals surface area contributed by atoms with Crippen molar-refractivity contribution in [2.24, 2.45) is 7.05 Å². The van der Waals surface area contributed by atoms with E-state index in [1.165, 1.54) is 0 Å². The molecule has 1 aliphatic rings. The van der Waals surface area contributed by atoms with Gasteiger partial charge in [-0.25, -0.2) is 9.67 Å². The molecule has 0 saturated carbocycles. The van der Waals surface area contributed by atoms with Crippen molar-refractivity contribution < 1.29 is 9.90 Å². The summed E-state index contributed by atoms with van der Waals surface area (Å²) in [6.07, 6.45) is 7.35. The van der Waals surface area contributed by atoms with Crippen LogP contribution in [0.1, 0.15) is 12.0 Å². The second-order valence-electron chi connectivity index (χ2n) is 7.83. The Bertz CT molecular complexity index is 1300. The maximum atomic E-state index is 12.5. The minimum absolute atomic E-state index is 0.283. The number of nitrogens with zero attached hydrogens (tertiary/aromatic N) is 7. The summed E-state index contributed by atoms with van der Waals surface area (Å²) in [5.74, 6) is 0.746. The molecule has 5 rings (SSSR count). The Morgan fingerprint density at radius 2 is 2.06 bits per heavy atom. The molecule has 0 aliphatic carbocycles. The van der Waals surface area contributed by atoms with Crippen molar-refractivity contribution >= 4 is 17.5 Å². The SMILES string of the molecule is CN1CCC(O)(c2cccc(-c3ccn(-c4ccnc(Nc5cnn(C)c5)n4)n3)c2)C1=O. The molecule has 1 amide bonds. The van der Waals surface area contributed by atoms with E-state index in [4.69, 9.17) is 0 Å². The molecule has 0 bridgehead atoms. The highest BCUT2D eigenvalue weighted by Crippen LogP contribution is 2.34. The number of aliphatic hydroxyl groups is 1. The fourth-order valence-corrected chi connectivity index (χ4v) is 3.81. The van der Waals surface area contributed by atoms with Crippen molar-refractivity contribution in [3.05, 3.63) is 66.7 Å². The predicted molar refractivity (Wildman–Crippen MR) is 117 cm³/mol. The molecule has 10 nitrogen and oxygen atoms in total. The van der Waals surface area contributed by atoms with Crippen LogP contribution in [0.15, 0.2) is 61.2 Å². The third kappa shape index (κ3) is 3.50. The fraction of sp³-hybridized carbons (Fsp3) is 0.227. The molecule has 1 aliphatic heterocycles. The van der Waals surface area contributed by atoms with Gasteiger partial charge in [0.2, 0.25) is 5.95 Å². The van der Waals surface area contributed by atoms with Gasteiger partial charge in [-0.1, -0.05) is 18.2 Å². The van der Waals surface area contributed by atoms with Crippen LogP contribution in [-0.4, -0.2) is 59.0 Å². The lowest BCUT2D eigenvalue weighted by molar-refractivity contribution is -0.143. The molecule has 10 heteroatoms. The summed E-state index contributed by atoms with van der Waals surface area (Å²) in [4.78, 5) is 22.8. The molecule has 4 heterocycles. The molecule has 162 valence electrons. The Morgan fingerprint density at radius 3 is 2.81 bits per heavy atom. The van der Waals surface area contributed by atoms with Crippen LogP contribution in [0, 0.1) is 0 Å². The number of aromatic nitrogens is 6. The van der Waals surface area contributed by atoms with E-state index >= 15 is 0 Å². The van der Waals surface area contributed by atoms with Crippen LogP contribution in [-0.2, 0) is 17.4 Å². The van der Waals surface area contributed by atoms with E-state index in [1.54, 1.807) is 52.0 Å². The van der Waals surface area contributed by atoms with Gasteiger partial charge < -0.3 is 15.3 Å². The zero-order valence-electron chi connectivity index (χ0n) is 17.7. The number of carbonyl (C=O) groups is 1. The summed E-state index contributed by atoms with van der Waals surface area (Å²) < 4.78 is 3.34. The summed E-state index contributed by atoms with van der Waals surface area (Å²) in [6.45, 7) is 0.525. The van der Waals surface area contributed by atoms with Crippen molar-refractivity contribution in [3.8, 4) is 17.1 Å². The van der Waals surface area contributed by atoms with E-state index in [9.17, 15) is 9.90 Å². The van der Waals surface area contributed by atoms with Gasteiger partial charge in [0.1, 0.15) is 0 Å². The molecule has 3 aromatic heterocycles. The average molecular weight is 430 g/mol. The van der Waals surface area contributed by atoms with Crippen molar-refractivity contribution in [2.45, 2.75) is 12.0 Å². The minimum atomic E-state index is -1.49. The first kappa shape index (κ1) is 19.9. The highest BCUT2D eigenvalue weighted by atomic mass is 16.3. The standard InChI is InChI=1S/C22H22N8O2/c1-28-11-8-22(32,20(28)31)16-5-3-4-15(12-16)18-7-10-30(27-18)19-6-9-23-21(26-19)25-17-13-24-29(2)14-17/h3-7,9-10,12-14,32H,8,11H2,1-2H3,(H,23,25,26). The number of nitrogens with one attached hydrogen (secondary N) is 1. The van der Waals surface area contributed by atoms with Gasteiger partial charge in [-0.05, 0) is 17.7 Å². The lowest BCUT2D eigenvalue weighted by Gasteiger charge is -2.21. The largest absolute Gasteiger partial charge is 0.375 e. The fourth-order valence-electron chi connectivity index (χ4n) is 3.81. The summed E-state index contributed by atoms with van der Waals surface area (Å²) in [5.41, 5.74) is 1.37. The van der Waals surface area contributed by atoms with E-state index in [1.807, 2.05) is 37.5 Å². The number of likely N-dealkylation sites (tertiary alicyclic amines) is 1. The molecule has 4 aromatic rings. The first-order chi connectivity index (χ1) is 15.4. The second-order valence-corrected chi connectivity index (χ2v) is 7.83. The monoisotopic (exact) mass is 430 g/mol. The van der Waals surface area contributed by atoms with Crippen LogP contribution in [0.25, 0.3) is 17.1 Å². The zero-order chi connectivity index (χ0) is 22.3. The lowest BCUT2D eigenvalue weighted by Crippen LogP contribution is -2.36. The molecule has 1 fully saturated rings. The Hall–Kier alpha value is -4.05. The van der Waals surface area contributed by atoms with Crippen LogP contribution in [0.5, 0.6) is 0 Å². The van der Waals surface area contributed by atoms with Crippen LogP contribution < -0.4 is 5.32 Å². The van der Waals surface area contributed by atoms with E-state index in [0.29, 0.717) is 36.0 Å². The van der Waals surface area contributed by atoms with E-state index < -0.39 is 5.60 Å². The van der Waals surface area contributed by atoms with Gasteiger partial charge in [-0.3, -0.25) is 9.48 Å². The predicted octanol–water partition coefficient (Wildman–Crippen LogP) is 1.86. The van der Waals surface area contributed by atoms with Gasteiger partial charge in [0.25, 0.3) is 5.91 Å². The third-order valence-electron chi connectivity index (χ3n) is 5.57. The third-order valence-corrected chi connectivity index (χ3v) is 5.57. The number of likely N-dealkylation sites (N-methyl/N-ethyl adjacent to an activating group) is 1. The molecule has 1 saturated heterocycles. The number of rotatable bonds is 5.